The standard InChI is InChI=1S/C27H31N3/c1-4-30-25-8-6-5-7-23(25)24-18-22(11-12-26(24)30)19-28-13-15-29(16-14-28)27-17-20(2)9-10-21(27)3/h5-12,17-18H,4,13-16,19H2,1-3H3/p+1. The number of quaternary nitrogens is 1. The molecule has 0 unspecified atom stereocenters. The summed E-state index contributed by atoms with van der Waals surface area (Å²) in [5.74, 6) is 0. The number of para-hydroxylation sites is 1. The number of rotatable bonds is 4. The molecule has 0 amide bonds. The molecule has 1 aliphatic rings. The molecule has 30 heavy (non-hydrogen) atoms. The summed E-state index contributed by atoms with van der Waals surface area (Å²) < 4.78 is 2.43. The van der Waals surface area contributed by atoms with Gasteiger partial charge in [-0.15, -0.1) is 0 Å². The lowest BCUT2D eigenvalue weighted by Crippen LogP contribution is -3.13. The molecule has 5 rings (SSSR count). The highest BCUT2D eigenvalue weighted by Gasteiger charge is 2.22. The molecule has 1 aromatic heterocycles. The van der Waals surface area contributed by atoms with Crippen molar-refractivity contribution in [1.29, 1.82) is 0 Å². The van der Waals surface area contributed by atoms with Gasteiger partial charge in [-0.1, -0.05) is 36.4 Å². The molecular weight excluding hydrogens is 366 g/mol. The van der Waals surface area contributed by atoms with E-state index >= 15 is 0 Å². The Morgan fingerprint density at radius 3 is 2.40 bits per heavy atom. The lowest BCUT2D eigenvalue weighted by molar-refractivity contribution is -0.914. The average Bonchev–Trinajstić information content (AvgIpc) is 3.09. The van der Waals surface area contributed by atoms with E-state index in [0.29, 0.717) is 0 Å². The molecule has 0 radical (unpaired) electrons. The fourth-order valence-corrected chi connectivity index (χ4v) is 5.14. The monoisotopic (exact) mass is 398 g/mol. The van der Waals surface area contributed by atoms with Gasteiger partial charge in [0.1, 0.15) is 6.54 Å². The largest absolute Gasteiger partial charge is 0.360 e. The van der Waals surface area contributed by atoms with Crippen molar-refractivity contribution in [3.05, 3.63) is 77.4 Å². The first-order chi connectivity index (χ1) is 14.6. The molecule has 2 heterocycles. The van der Waals surface area contributed by atoms with Crippen molar-refractivity contribution in [1.82, 2.24) is 4.57 Å². The van der Waals surface area contributed by atoms with Crippen LogP contribution in [-0.4, -0.2) is 30.7 Å². The Kier molecular flexibility index (Phi) is 5.00. The molecule has 1 fully saturated rings. The molecule has 0 bridgehead atoms. The van der Waals surface area contributed by atoms with E-state index in [-0.39, 0.29) is 0 Å². The third-order valence-electron chi connectivity index (χ3n) is 6.78. The van der Waals surface area contributed by atoms with Crippen LogP contribution in [0.15, 0.2) is 60.7 Å². The Labute approximate surface area is 179 Å². The Morgan fingerprint density at radius 1 is 0.833 bits per heavy atom. The number of aromatic nitrogens is 1. The SMILES string of the molecule is CCn1c2ccccc2c2cc(C[NH+]3CCN(c4cc(C)ccc4C)CC3)ccc21. The van der Waals surface area contributed by atoms with Gasteiger partial charge in [0, 0.05) is 39.6 Å². The van der Waals surface area contributed by atoms with Crippen LogP contribution in [0.25, 0.3) is 21.8 Å². The number of fused-ring (bicyclic) bond motifs is 3. The predicted molar refractivity (Wildman–Crippen MR) is 128 cm³/mol. The second-order valence-corrected chi connectivity index (χ2v) is 8.82. The molecule has 1 N–H and O–H groups in total. The molecule has 1 aliphatic heterocycles. The van der Waals surface area contributed by atoms with Gasteiger partial charge in [0.15, 0.2) is 0 Å². The van der Waals surface area contributed by atoms with Crippen LogP contribution in [0.4, 0.5) is 5.69 Å². The summed E-state index contributed by atoms with van der Waals surface area (Å²) in [6, 6.07) is 22.8. The average molecular weight is 399 g/mol. The Hall–Kier alpha value is -2.78. The van der Waals surface area contributed by atoms with Crippen molar-refractivity contribution in [3.8, 4) is 0 Å². The number of benzene rings is 3. The lowest BCUT2D eigenvalue weighted by Gasteiger charge is -2.34. The zero-order chi connectivity index (χ0) is 20.7. The molecule has 1 saturated heterocycles. The molecule has 0 spiro atoms. The van der Waals surface area contributed by atoms with E-state index in [2.05, 4.69) is 90.9 Å². The number of piperazine rings is 1. The number of hydrogen-bond acceptors (Lipinski definition) is 1. The fourth-order valence-electron chi connectivity index (χ4n) is 5.14. The van der Waals surface area contributed by atoms with Gasteiger partial charge in [-0.3, -0.25) is 0 Å². The molecule has 0 saturated carbocycles. The van der Waals surface area contributed by atoms with Crippen LogP contribution in [0, 0.1) is 13.8 Å². The maximum absolute atomic E-state index is 2.57. The van der Waals surface area contributed by atoms with Crippen molar-refractivity contribution in [3.63, 3.8) is 0 Å². The maximum Gasteiger partial charge on any atom is 0.103 e. The van der Waals surface area contributed by atoms with E-state index in [1.807, 2.05) is 0 Å². The molecule has 0 atom stereocenters. The van der Waals surface area contributed by atoms with Gasteiger partial charge in [0.2, 0.25) is 0 Å². The first-order valence-corrected chi connectivity index (χ1v) is 11.3. The molecule has 4 aromatic rings. The zero-order valence-electron chi connectivity index (χ0n) is 18.4. The zero-order valence-corrected chi connectivity index (χ0v) is 18.4. The van der Waals surface area contributed by atoms with Crippen LogP contribution in [-0.2, 0) is 13.1 Å². The van der Waals surface area contributed by atoms with Crippen LogP contribution in [0.1, 0.15) is 23.6 Å². The second kappa shape index (κ2) is 7.81. The van der Waals surface area contributed by atoms with E-state index in [0.717, 1.165) is 26.2 Å². The van der Waals surface area contributed by atoms with Gasteiger partial charge in [0.25, 0.3) is 0 Å². The number of hydrogen-bond donors (Lipinski definition) is 1. The lowest BCUT2D eigenvalue weighted by atomic mass is 10.1. The maximum atomic E-state index is 2.57. The van der Waals surface area contributed by atoms with Crippen molar-refractivity contribution in [2.75, 3.05) is 31.1 Å². The van der Waals surface area contributed by atoms with E-state index in [4.69, 9.17) is 0 Å². The van der Waals surface area contributed by atoms with Gasteiger partial charge >= 0.3 is 0 Å². The minimum Gasteiger partial charge on any atom is -0.360 e. The quantitative estimate of drug-likeness (QED) is 0.540. The summed E-state index contributed by atoms with van der Waals surface area (Å²) in [7, 11) is 0. The van der Waals surface area contributed by atoms with Crippen LogP contribution >= 0.6 is 0 Å². The van der Waals surface area contributed by atoms with Gasteiger partial charge in [-0.05, 0) is 56.2 Å². The normalized spacial score (nSPS) is 15.4. The van der Waals surface area contributed by atoms with Crippen molar-refractivity contribution < 1.29 is 4.90 Å². The summed E-state index contributed by atoms with van der Waals surface area (Å²) in [4.78, 5) is 4.26. The van der Waals surface area contributed by atoms with Crippen LogP contribution < -0.4 is 9.80 Å². The van der Waals surface area contributed by atoms with Gasteiger partial charge < -0.3 is 14.4 Å². The number of nitrogens with zero attached hydrogens (tertiary/aromatic N) is 2. The molecule has 3 heteroatoms. The number of aryl methyl sites for hydroxylation is 3. The highest BCUT2D eigenvalue weighted by molar-refractivity contribution is 6.08. The van der Waals surface area contributed by atoms with E-state index in [9.17, 15) is 0 Å². The summed E-state index contributed by atoms with van der Waals surface area (Å²) in [6.45, 7) is 13.4. The molecule has 154 valence electrons. The van der Waals surface area contributed by atoms with Crippen LogP contribution in [0.5, 0.6) is 0 Å². The highest BCUT2D eigenvalue weighted by atomic mass is 15.3. The number of nitrogens with one attached hydrogen (secondary N) is 1. The Bertz CT molecular complexity index is 1200. The highest BCUT2D eigenvalue weighted by Crippen LogP contribution is 2.29. The van der Waals surface area contributed by atoms with Crippen molar-refractivity contribution in [2.45, 2.75) is 33.9 Å². The van der Waals surface area contributed by atoms with E-state index in [1.54, 1.807) is 4.90 Å². The third kappa shape index (κ3) is 3.37. The molecule has 0 aliphatic carbocycles. The predicted octanol–water partition coefficient (Wildman–Crippen LogP) is 4.34. The molecular formula is C27H32N3+. The number of anilines is 1. The summed E-state index contributed by atoms with van der Waals surface area (Å²) >= 11 is 0. The first-order valence-electron chi connectivity index (χ1n) is 11.3. The van der Waals surface area contributed by atoms with Gasteiger partial charge in [-0.25, -0.2) is 0 Å². The Morgan fingerprint density at radius 2 is 1.60 bits per heavy atom. The van der Waals surface area contributed by atoms with Crippen LogP contribution in [0.3, 0.4) is 0 Å². The summed E-state index contributed by atoms with van der Waals surface area (Å²) in [5, 5.41) is 2.78. The molecule has 3 aromatic carbocycles. The fraction of sp³-hybridized carbons (Fsp3) is 0.333. The van der Waals surface area contributed by atoms with Crippen LogP contribution in [0.2, 0.25) is 0 Å². The van der Waals surface area contributed by atoms with E-state index in [1.165, 1.54) is 57.3 Å². The first kappa shape index (κ1) is 19.2. The van der Waals surface area contributed by atoms with Crippen molar-refractivity contribution in [2.24, 2.45) is 0 Å². The van der Waals surface area contributed by atoms with E-state index < -0.39 is 0 Å². The third-order valence-corrected chi connectivity index (χ3v) is 6.78. The smallest absolute Gasteiger partial charge is 0.103 e. The van der Waals surface area contributed by atoms with Crippen molar-refractivity contribution >= 4 is 27.5 Å². The van der Waals surface area contributed by atoms with Gasteiger partial charge in [-0.2, -0.15) is 0 Å². The van der Waals surface area contributed by atoms with Gasteiger partial charge in [0.05, 0.1) is 26.2 Å². The minimum absolute atomic E-state index is 1.01. The summed E-state index contributed by atoms with van der Waals surface area (Å²) in [6.07, 6.45) is 0. The minimum atomic E-state index is 1.01. The topological polar surface area (TPSA) is 12.6 Å². The Balaban J connectivity index is 1.34. The summed E-state index contributed by atoms with van der Waals surface area (Å²) in [5.41, 5.74) is 8.32. The molecule has 3 nitrogen and oxygen atoms in total. The second-order valence-electron chi connectivity index (χ2n) is 8.82.